The van der Waals surface area contributed by atoms with Crippen molar-refractivity contribution in [3.63, 3.8) is 0 Å². The summed E-state index contributed by atoms with van der Waals surface area (Å²) in [6, 6.07) is 0. The number of aryl methyl sites for hydroxylation is 1. The van der Waals surface area contributed by atoms with Crippen molar-refractivity contribution in [2.24, 2.45) is 5.16 Å². The maximum atomic E-state index is 13.2. The molecule has 0 radical (unpaired) electrons. The zero-order valence-electron chi connectivity index (χ0n) is 24.8. The number of nitrogens with zero attached hydrogens (tertiary/aromatic N) is 1. The average molecular weight is 592 g/mol. The van der Waals surface area contributed by atoms with Gasteiger partial charge in [-0.05, 0) is 50.3 Å². The number of oxime groups is 1. The fraction of sp³-hybridized carbons (Fsp3) is 0.500. The molecule has 2 aromatic heterocycles. The zero-order chi connectivity index (χ0) is 31.6. The average Bonchev–Trinajstić information content (AvgIpc) is 3.50. The lowest BCUT2D eigenvalue weighted by Gasteiger charge is -2.19. The first-order valence-electron chi connectivity index (χ1n) is 13.0. The minimum Gasteiger partial charge on any atom is -0.469 e. The van der Waals surface area contributed by atoms with E-state index in [1.54, 1.807) is 27.0 Å². The number of nitrogens with one attached hydrogen (secondary N) is 2. The molecule has 0 atom stereocenters. The molecule has 2 rings (SSSR count). The van der Waals surface area contributed by atoms with Gasteiger partial charge in [0.1, 0.15) is 11.3 Å². The normalized spacial score (nSPS) is 11.5. The van der Waals surface area contributed by atoms with Crippen molar-refractivity contribution >= 4 is 35.6 Å². The van der Waals surface area contributed by atoms with E-state index in [0.29, 0.717) is 22.5 Å². The van der Waals surface area contributed by atoms with Crippen LogP contribution in [0.3, 0.4) is 0 Å². The van der Waals surface area contributed by atoms with Crippen molar-refractivity contribution in [3.05, 3.63) is 45.5 Å². The minimum absolute atomic E-state index is 0.00627. The fourth-order valence-electron chi connectivity index (χ4n) is 4.28. The standard InChI is InChI=1S/C28H37N3O11/c1-28(2,3)42-27(36)24-17(12-22(34)40-6)16(9-11-21(33)39-5)18(30-24)13-19-23(25(31-37)26(35)41-7)15(14-29-19)8-10-20(32)38-4/h14,29-30,37H,8-13H2,1-7H3/b31-25+. The van der Waals surface area contributed by atoms with Gasteiger partial charge in [0.15, 0.2) is 5.71 Å². The second-order valence-corrected chi connectivity index (χ2v) is 10.1. The smallest absolute Gasteiger partial charge is 0.360 e. The molecular weight excluding hydrogens is 554 g/mol. The van der Waals surface area contributed by atoms with Gasteiger partial charge in [0.2, 0.25) is 0 Å². The monoisotopic (exact) mass is 591 g/mol. The summed E-state index contributed by atoms with van der Waals surface area (Å²) in [7, 11) is 4.82. The summed E-state index contributed by atoms with van der Waals surface area (Å²) in [6.45, 7) is 5.07. The Morgan fingerprint density at radius 1 is 0.833 bits per heavy atom. The molecule has 0 aliphatic carbocycles. The van der Waals surface area contributed by atoms with Crippen molar-refractivity contribution in [1.29, 1.82) is 0 Å². The molecule has 3 N–H and O–H groups in total. The summed E-state index contributed by atoms with van der Waals surface area (Å²) in [5.74, 6) is -3.31. The van der Waals surface area contributed by atoms with Crippen molar-refractivity contribution in [1.82, 2.24) is 9.97 Å². The van der Waals surface area contributed by atoms with Gasteiger partial charge in [-0.15, -0.1) is 0 Å². The molecule has 2 heterocycles. The van der Waals surface area contributed by atoms with Crippen LogP contribution in [0.2, 0.25) is 0 Å². The van der Waals surface area contributed by atoms with E-state index in [1.807, 2.05) is 0 Å². The van der Waals surface area contributed by atoms with E-state index in [-0.39, 0.29) is 55.3 Å². The molecule has 0 spiro atoms. The highest BCUT2D eigenvalue weighted by molar-refractivity contribution is 6.43. The molecule has 0 saturated heterocycles. The first kappa shape index (κ1) is 33.6. The maximum absolute atomic E-state index is 13.2. The van der Waals surface area contributed by atoms with E-state index in [1.165, 1.54) is 21.3 Å². The minimum atomic E-state index is -0.934. The molecule has 0 aliphatic heterocycles. The van der Waals surface area contributed by atoms with E-state index in [2.05, 4.69) is 15.1 Å². The first-order chi connectivity index (χ1) is 19.8. The molecule has 0 aliphatic rings. The van der Waals surface area contributed by atoms with Crippen LogP contribution in [0.5, 0.6) is 0 Å². The molecule has 0 unspecified atom stereocenters. The van der Waals surface area contributed by atoms with Crippen LogP contribution in [0.1, 0.15) is 77.7 Å². The molecule has 0 saturated carbocycles. The maximum Gasteiger partial charge on any atom is 0.360 e. The molecule has 14 heteroatoms. The van der Waals surface area contributed by atoms with Gasteiger partial charge in [-0.2, -0.15) is 0 Å². The van der Waals surface area contributed by atoms with E-state index >= 15 is 0 Å². The number of aromatic amines is 2. The molecule has 0 aromatic carbocycles. The number of carbonyl (C=O) groups is 5. The first-order valence-corrected chi connectivity index (χ1v) is 13.0. The number of hydrogen-bond donors (Lipinski definition) is 3. The highest BCUT2D eigenvalue weighted by atomic mass is 16.6. The van der Waals surface area contributed by atoms with Crippen molar-refractivity contribution < 1.29 is 52.9 Å². The van der Waals surface area contributed by atoms with Gasteiger partial charge >= 0.3 is 29.8 Å². The molecule has 0 fully saturated rings. The summed E-state index contributed by atoms with van der Waals surface area (Å²) in [6.07, 6.45) is 1.34. The van der Waals surface area contributed by atoms with Crippen LogP contribution in [0.15, 0.2) is 11.4 Å². The van der Waals surface area contributed by atoms with Crippen molar-refractivity contribution in [3.8, 4) is 0 Å². The van der Waals surface area contributed by atoms with Gasteiger partial charge in [-0.25, -0.2) is 9.59 Å². The number of carbonyl (C=O) groups excluding carboxylic acids is 5. The van der Waals surface area contributed by atoms with Crippen LogP contribution >= 0.6 is 0 Å². The van der Waals surface area contributed by atoms with E-state index in [9.17, 15) is 29.2 Å². The predicted octanol–water partition coefficient (Wildman–Crippen LogP) is 2.17. The second kappa shape index (κ2) is 14.8. The van der Waals surface area contributed by atoms with Gasteiger partial charge in [-0.1, -0.05) is 5.16 Å². The van der Waals surface area contributed by atoms with Gasteiger partial charge in [0, 0.05) is 42.4 Å². The third-order valence-corrected chi connectivity index (χ3v) is 6.20. The Labute approximate surface area is 242 Å². The van der Waals surface area contributed by atoms with Crippen LogP contribution in [-0.4, -0.2) is 84.8 Å². The number of rotatable bonds is 13. The molecule has 2 aromatic rings. The van der Waals surface area contributed by atoms with Crippen LogP contribution in [0.4, 0.5) is 0 Å². The van der Waals surface area contributed by atoms with Gasteiger partial charge < -0.3 is 38.9 Å². The quantitative estimate of drug-likeness (QED) is 0.101. The molecule has 0 bridgehead atoms. The Bertz CT molecular complexity index is 1350. The van der Waals surface area contributed by atoms with Crippen LogP contribution < -0.4 is 0 Å². The number of methoxy groups -OCH3 is 4. The van der Waals surface area contributed by atoms with E-state index < -0.39 is 41.2 Å². The Hall–Kier alpha value is -4.62. The summed E-state index contributed by atoms with van der Waals surface area (Å²) >= 11 is 0. The van der Waals surface area contributed by atoms with Crippen molar-refractivity contribution in [2.45, 2.75) is 64.9 Å². The molecule has 42 heavy (non-hydrogen) atoms. The molecule has 0 amide bonds. The lowest BCUT2D eigenvalue weighted by atomic mass is 9.96. The number of ether oxygens (including phenoxy) is 5. The number of hydrogen-bond acceptors (Lipinski definition) is 12. The van der Waals surface area contributed by atoms with Gasteiger partial charge in [0.05, 0.1) is 34.9 Å². The second-order valence-electron chi connectivity index (χ2n) is 10.1. The summed E-state index contributed by atoms with van der Waals surface area (Å²) < 4.78 is 24.7. The Morgan fingerprint density at radius 3 is 1.95 bits per heavy atom. The third-order valence-electron chi connectivity index (χ3n) is 6.20. The fourth-order valence-corrected chi connectivity index (χ4v) is 4.28. The lowest BCUT2D eigenvalue weighted by Crippen LogP contribution is -2.25. The topological polar surface area (TPSA) is 196 Å². The summed E-state index contributed by atoms with van der Waals surface area (Å²) in [4.78, 5) is 68.1. The predicted molar refractivity (Wildman–Crippen MR) is 146 cm³/mol. The number of H-pyrrole nitrogens is 2. The highest BCUT2D eigenvalue weighted by Crippen LogP contribution is 2.29. The SMILES string of the molecule is COC(=O)CCc1c[nH]c(Cc2[nH]c(C(=O)OC(C)(C)C)c(CC(=O)OC)c2CCC(=O)OC)c1/C(=N\O)C(=O)OC. The molecule has 230 valence electrons. The number of esters is 5. The van der Waals surface area contributed by atoms with Crippen molar-refractivity contribution in [2.75, 3.05) is 28.4 Å². The van der Waals surface area contributed by atoms with Gasteiger partial charge in [0.25, 0.3) is 0 Å². The Morgan fingerprint density at radius 2 is 1.43 bits per heavy atom. The molecular formula is C28H37N3O11. The van der Waals surface area contributed by atoms with Crippen LogP contribution in [0, 0.1) is 0 Å². The summed E-state index contributed by atoms with van der Waals surface area (Å²) in [5, 5.41) is 12.9. The van der Waals surface area contributed by atoms with Crippen LogP contribution in [-0.2, 0) is 68.5 Å². The summed E-state index contributed by atoms with van der Waals surface area (Å²) in [5.41, 5.74) is 0.852. The van der Waals surface area contributed by atoms with E-state index in [0.717, 1.165) is 7.11 Å². The van der Waals surface area contributed by atoms with Crippen LogP contribution in [0.25, 0.3) is 0 Å². The Kier molecular flexibility index (Phi) is 11.9. The highest BCUT2D eigenvalue weighted by Gasteiger charge is 2.30. The zero-order valence-corrected chi connectivity index (χ0v) is 24.8. The molecule has 14 nitrogen and oxygen atoms in total. The number of aromatic nitrogens is 2. The third kappa shape index (κ3) is 8.69. The Balaban J connectivity index is 2.75. The lowest BCUT2D eigenvalue weighted by molar-refractivity contribution is -0.141. The van der Waals surface area contributed by atoms with E-state index in [4.69, 9.17) is 23.7 Å². The van der Waals surface area contributed by atoms with Gasteiger partial charge in [-0.3, -0.25) is 14.4 Å². The largest absolute Gasteiger partial charge is 0.469 e.